The summed E-state index contributed by atoms with van der Waals surface area (Å²) in [4.78, 5) is 9.46. The normalized spacial score (nSPS) is 11.1. The quantitative estimate of drug-likeness (QED) is 0.429. The smallest absolute Gasteiger partial charge is 0.387 e. The first-order chi connectivity index (χ1) is 13.2. The molecule has 1 heterocycles. The van der Waals surface area contributed by atoms with Crippen LogP contribution in [0.25, 0.3) is 11.5 Å². The standard InChI is InChI=1S/C19H16F2N2O4/c1-24-16-8-6-13(7-9-16)18-23-15(11-25-18)12-26-22-10-14-4-2-3-5-17(14)27-19(20)21/h2-11,19H,12H2,1H3/b22-10+. The summed E-state index contributed by atoms with van der Waals surface area (Å²) in [6, 6.07) is 13.5. The van der Waals surface area contributed by atoms with Crippen molar-refractivity contribution in [1.82, 2.24) is 4.98 Å². The van der Waals surface area contributed by atoms with Gasteiger partial charge in [-0.05, 0) is 36.4 Å². The van der Waals surface area contributed by atoms with Crippen molar-refractivity contribution in [2.24, 2.45) is 5.16 Å². The fraction of sp³-hybridized carbons (Fsp3) is 0.158. The minimum atomic E-state index is -2.91. The number of hydrogen-bond acceptors (Lipinski definition) is 6. The van der Waals surface area contributed by atoms with Gasteiger partial charge in [-0.2, -0.15) is 8.78 Å². The summed E-state index contributed by atoms with van der Waals surface area (Å²) in [6.07, 6.45) is 2.76. The second kappa shape index (κ2) is 8.79. The number of benzene rings is 2. The maximum atomic E-state index is 12.4. The zero-order valence-corrected chi connectivity index (χ0v) is 14.3. The van der Waals surface area contributed by atoms with Crippen molar-refractivity contribution in [3.63, 3.8) is 0 Å². The number of hydrogen-bond donors (Lipinski definition) is 0. The van der Waals surface area contributed by atoms with E-state index >= 15 is 0 Å². The predicted molar refractivity (Wildman–Crippen MR) is 93.9 cm³/mol. The highest BCUT2D eigenvalue weighted by Crippen LogP contribution is 2.22. The van der Waals surface area contributed by atoms with E-state index in [0.29, 0.717) is 17.1 Å². The van der Waals surface area contributed by atoms with E-state index in [1.54, 1.807) is 37.4 Å². The molecule has 3 rings (SSSR count). The molecule has 0 aliphatic heterocycles. The Hall–Kier alpha value is -3.42. The maximum Gasteiger partial charge on any atom is 0.387 e. The highest BCUT2D eigenvalue weighted by atomic mass is 19.3. The average Bonchev–Trinajstić information content (AvgIpc) is 3.15. The van der Waals surface area contributed by atoms with E-state index in [1.165, 1.54) is 18.5 Å². The highest BCUT2D eigenvalue weighted by Gasteiger charge is 2.09. The van der Waals surface area contributed by atoms with Gasteiger partial charge in [0.1, 0.15) is 23.5 Å². The number of aromatic nitrogens is 1. The molecule has 0 radical (unpaired) electrons. The van der Waals surface area contributed by atoms with Gasteiger partial charge in [0.05, 0.1) is 13.3 Å². The number of halogens is 2. The van der Waals surface area contributed by atoms with Crippen LogP contribution < -0.4 is 9.47 Å². The maximum absolute atomic E-state index is 12.4. The number of ether oxygens (including phenoxy) is 2. The summed E-state index contributed by atoms with van der Waals surface area (Å²) in [7, 11) is 1.59. The van der Waals surface area contributed by atoms with Gasteiger partial charge in [0.15, 0.2) is 6.61 Å². The molecule has 0 bridgehead atoms. The number of para-hydroxylation sites is 1. The summed E-state index contributed by atoms with van der Waals surface area (Å²) in [5, 5.41) is 3.76. The van der Waals surface area contributed by atoms with Gasteiger partial charge < -0.3 is 18.7 Å². The second-order valence-corrected chi connectivity index (χ2v) is 5.30. The fourth-order valence-corrected chi connectivity index (χ4v) is 2.23. The fourth-order valence-electron chi connectivity index (χ4n) is 2.23. The van der Waals surface area contributed by atoms with Gasteiger partial charge in [-0.15, -0.1) is 0 Å². The van der Waals surface area contributed by atoms with Crippen LogP contribution in [-0.4, -0.2) is 24.9 Å². The topological polar surface area (TPSA) is 66.1 Å². The lowest BCUT2D eigenvalue weighted by atomic mass is 10.2. The zero-order valence-electron chi connectivity index (χ0n) is 14.3. The van der Waals surface area contributed by atoms with E-state index in [2.05, 4.69) is 14.9 Å². The monoisotopic (exact) mass is 374 g/mol. The van der Waals surface area contributed by atoms with Crippen LogP contribution in [-0.2, 0) is 11.4 Å². The average molecular weight is 374 g/mol. The Balaban J connectivity index is 1.58. The van der Waals surface area contributed by atoms with Gasteiger partial charge in [0.2, 0.25) is 5.89 Å². The summed E-state index contributed by atoms with van der Waals surface area (Å²) in [5.74, 6) is 1.19. The van der Waals surface area contributed by atoms with Crippen molar-refractivity contribution >= 4 is 6.21 Å². The minimum absolute atomic E-state index is 0.0167. The largest absolute Gasteiger partial charge is 0.497 e. The molecule has 0 aliphatic rings. The zero-order chi connectivity index (χ0) is 19.1. The second-order valence-electron chi connectivity index (χ2n) is 5.30. The van der Waals surface area contributed by atoms with E-state index in [4.69, 9.17) is 14.0 Å². The molecule has 140 valence electrons. The van der Waals surface area contributed by atoms with Crippen LogP contribution in [0, 0.1) is 0 Å². The van der Waals surface area contributed by atoms with Crippen molar-refractivity contribution in [3.8, 4) is 23.0 Å². The van der Waals surface area contributed by atoms with E-state index in [0.717, 1.165) is 11.3 Å². The molecular weight excluding hydrogens is 358 g/mol. The van der Waals surface area contributed by atoms with Gasteiger partial charge >= 0.3 is 6.61 Å². The van der Waals surface area contributed by atoms with Crippen molar-refractivity contribution in [2.75, 3.05) is 7.11 Å². The molecule has 1 aromatic heterocycles. The third-order valence-corrected chi connectivity index (χ3v) is 3.50. The number of rotatable bonds is 8. The highest BCUT2D eigenvalue weighted by molar-refractivity contribution is 5.83. The van der Waals surface area contributed by atoms with E-state index < -0.39 is 6.61 Å². The molecule has 0 fully saturated rings. The lowest BCUT2D eigenvalue weighted by molar-refractivity contribution is -0.0499. The molecular formula is C19H16F2N2O4. The first-order valence-electron chi connectivity index (χ1n) is 7.93. The minimum Gasteiger partial charge on any atom is -0.497 e. The summed E-state index contributed by atoms with van der Waals surface area (Å²) in [5.41, 5.74) is 1.70. The van der Waals surface area contributed by atoms with Crippen LogP contribution in [0.15, 0.2) is 64.4 Å². The van der Waals surface area contributed by atoms with E-state index in [9.17, 15) is 8.78 Å². The summed E-state index contributed by atoms with van der Waals surface area (Å²) in [6.45, 7) is -2.85. The third kappa shape index (κ3) is 5.04. The van der Waals surface area contributed by atoms with Crippen LogP contribution in [0.5, 0.6) is 11.5 Å². The van der Waals surface area contributed by atoms with Crippen molar-refractivity contribution in [3.05, 3.63) is 66.1 Å². The van der Waals surface area contributed by atoms with Crippen LogP contribution >= 0.6 is 0 Å². The van der Waals surface area contributed by atoms with Crippen LogP contribution in [0.2, 0.25) is 0 Å². The molecule has 3 aromatic rings. The molecule has 0 saturated carbocycles. The lowest BCUT2D eigenvalue weighted by Crippen LogP contribution is -2.04. The Labute approximate surface area is 154 Å². The summed E-state index contributed by atoms with van der Waals surface area (Å²) >= 11 is 0. The molecule has 8 heteroatoms. The Bertz CT molecular complexity index is 895. The van der Waals surface area contributed by atoms with Gasteiger partial charge in [-0.25, -0.2) is 4.98 Å². The molecule has 0 N–H and O–H groups in total. The van der Waals surface area contributed by atoms with Crippen molar-refractivity contribution in [2.45, 2.75) is 13.2 Å². The SMILES string of the molecule is COc1ccc(-c2nc(CO/N=C/c3ccccc3OC(F)F)co2)cc1. The molecule has 0 unspecified atom stereocenters. The number of oxazole rings is 1. The molecule has 0 spiro atoms. The first kappa shape index (κ1) is 18.4. The van der Waals surface area contributed by atoms with Crippen LogP contribution in [0.1, 0.15) is 11.3 Å². The molecule has 6 nitrogen and oxygen atoms in total. The predicted octanol–water partition coefficient (Wildman–Crippen LogP) is 4.50. The third-order valence-electron chi connectivity index (χ3n) is 3.50. The Morgan fingerprint density at radius 1 is 1.15 bits per heavy atom. The van der Waals surface area contributed by atoms with Crippen molar-refractivity contribution in [1.29, 1.82) is 0 Å². The molecule has 0 amide bonds. The van der Waals surface area contributed by atoms with E-state index in [1.807, 2.05) is 12.1 Å². The van der Waals surface area contributed by atoms with Crippen LogP contribution in [0.4, 0.5) is 8.78 Å². The van der Waals surface area contributed by atoms with Gasteiger partial charge in [-0.1, -0.05) is 17.3 Å². The lowest BCUT2D eigenvalue weighted by Gasteiger charge is -2.06. The van der Waals surface area contributed by atoms with Gasteiger partial charge in [0, 0.05) is 11.1 Å². The Morgan fingerprint density at radius 2 is 1.93 bits per heavy atom. The number of alkyl halides is 2. The van der Waals surface area contributed by atoms with Crippen LogP contribution in [0.3, 0.4) is 0 Å². The molecule has 2 aromatic carbocycles. The number of methoxy groups -OCH3 is 1. The number of oxime groups is 1. The summed E-state index contributed by atoms with van der Waals surface area (Å²) < 4.78 is 39.7. The van der Waals surface area contributed by atoms with Gasteiger partial charge in [-0.3, -0.25) is 0 Å². The molecule has 0 aliphatic carbocycles. The molecule has 0 atom stereocenters. The van der Waals surface area contributed by atoms with E-state index in [-0.39, 0.29) is 12.4 Å². The Kier molecular flexibility index (Phi) is 5.98. The molecule has 0 saturated heterocycles. The van der Waals surface area contributed by atoms with Crippen molar-refractivity contribution < 1.29 is 27.5 Å². The van der Waals surface area contributed by atoms with Gasteiger partial charge in [0.25, 0.3) is 0 Å². The Morgan fingerprint density at radius 3 is 2.67 bits per heavy atom. The number of nitrogens with zero attached hydrogens (tertiary/aromatic N) is 2. The first-order valence-corrected chi connectivity index (χ1v) is 7.93. The molecule has 27 heavy (non-hydrogen) atoms.